The van der Waals surface area contributed by atoms with Crippen LogP contribution in [0, 0.1) is 0 Å². The van der Waals surface area contributed by atoms with Crippen LogP contribution in [0.3, 0.4) is 0 Å². The van der Waals surface area contributed by atoms with Gasteiger partial charge in [0.25, 0.3) is 0 Å². The molecule has 57 heavy (non-hydrogen) atoms. The van der Waals surface area contributed by atoms with Crippen molar-refractivity contribution in [1.29, 1.82) is 0 Å². The minimum Gasteiger partial charge on any atom is -0.309 e. The molecule has 0 N–H and O–H groups in total. The molecule has 0 aliphatic rings. The molecule has 0 spiro atoms. The third-order valence-electron chi connectivity index (χ3n) is 11.9. The average molecular weight is 743 g/mol. The number of hydrogen-bond donors (Lipinski definition) is 0. The summed E-state index contributed by atoms with van der Waals surface area (Å²) in [4.78, 5) is 0. The largest absolute Gasteiger partial charge is 0.309 e. The van der Waals surface area contributed by atoms with E-state index in [2.05, 4.69) is 240 Å². The van der Waals surface area contributed by atoms with Gasteiger partial charge in [0, 0.05) is 32.9 Å². The second kappa shape index (κ2) is 13.5. The monoisotopic (exact) mass is 742 g/mol. The van der Waals surface area contributed by atoms with Crippen molar-refractivity contribution in [2.45, 2.75) is 0 Å². The predicted molar refractivity (Wildman–Crippen MR) is 244 cm³/mol. The SMILES string of the molecule is c1ccc(-c2ccc3c4c([Si](c5ccccc5)(c5ccccc5)c5ccccc5)cccc4n(-c4ccc5c6ccccc6n(-c6ccccc6)c5c4)c3c2)cc1. The number of aromatic nitrogens is 2. The van der Waals surface area contributed by atoms with Gasteiger partial charge in [0.2, 0.25) is 0 Å². The number of rotatable bonds is 7. The van der Waals surface area contributed by atoms with E-state index in [4.69, 9.17) is 0 Å². The van der Waals surface area contributed by atoms with E-state index in [1.54, 1.807) is 0 Å². The van der Waals surface area contributed by atoms with Gasteiger partial charge in [-0.05, 0) is 74.3 Å². The van der Waals surface area contributed by atoms with E-state index >= 15 is 0 Å². The molecule has 0 atom stereocenters. The smallest absolute Gasteiger partial charge is 0.180 e. The Morgan fingerprint density at radius 2 is 0.772 bits per heavy atom. The quantitative estimate of drug-likeness (QED) is 0.114. The van der Waals surface area contributed by atoms with Crippen LogP contribution < -0.4 is 20.7 Å². The van der Waals surface area contributed by atoms with Crippen LogP contribution in [-0.2, 0) is 0 Å². The Balaban J connectivity index is 1.29. The number of hydrogen-bond acceptors (Lipinski definition) is 0. The van der Waals surface area contributed by atoms with Gasteiger partial charge < -0.3 is 9.13 Å². The summed E-state index contributed by atoms with van der Waals surface area (Å²) in [5.74, 6) is 0. The normalized spacial score (nSPS) is 11.9. The number of fused-ring (bicyclic) bond motifs is 6. The zero-order valence-corrected chi connectivity index (χ0v) is 32.3. The Kier molecular flexibility index (Phi) is 7.87. The van der Waals surface area contributed by atoms with Crippen molar-refractivity contribution in [3.63, 3.8) is 0 Å². The van der Waals surface area contributed by atoms with Crippen LogP contribution in [0.2, 0.25) is 0 Å². The maximum Gasteiger partial charge on any atom is 0.180 e. The lowest BCUT2D eigenvalue weighted by molar-refractivity contribution is 1.15. The standard InChI is InChI=1S/C54H38N2Si/c1-6-19-39(20-7-1)40-33-35-48-51(37-40)56(42-34-36-47-46-29-16-17-30-49(46)55(52(47)38-42)41-21-8-2-9-22-41)50-31-18-32-53(54(48)50)57(43-23-10-3-11-24-43,44-25-12-4-13-26-44)45-27-14-5-15-28-45/h1-38H. The van der Waals surface area contributed by atoms with E-state index in [1.165, 1.54) is 75.5 Å². The van der Waals surface area contributed by atoms with Crippen LogP contribution in [0.4, 0.5) is 0 Å². The summed E-state index contributed by atoms with van der Waals surface area (Å²) in [6.45, 7) is 0. The van der Waals surface area contributed by atoms with E-state index in [0.717, 1.165) is 11.4 Å². The Morgan fingerprint density at radius 1 is 0.281 bits per heavy atom. The van der Waals surface area contributed by atoms with Gasteiger partial charge in [0.15, 0.2) is 8.07 Å². The molecule has 0 radical (unpaired) electrons. The number of nitrogens with zero attached hydrogens (tertiary/aromatic N) is 2. The maximum absolute atomic E-state index is 2.88. The molecule has 9 aromatic carbocycles. The molecule has 2 heterocycles. The first kappa shape index (κ1) is 33.2. The fourth-order valence-electron chi connectivity index (χ4n) is 9.45. The number of benzene rings is 9. The molecule has 11 rings (SSSR count). The van der Waals surface area contributed by atoms with Crippen LogP contribution >= 0.6 is 0 Å². The summed E-state index contributed by atoms with van der Waals surface area (Å²) in [7, 11) is -2.88. The Hall–Kier alpha value is -7.20. The highest BCUT2D eigenvalue weighted by molar-refractivity contribution is 7.20. The van der Waals surface area contributed by atoms with Crippen LogP contribution in [0.5, 0.6) is 0 Å². The van der Waals surface area contributed by atoms with Crippen molar-refractivity contribution in [1.82, 2.24) is 9.13 Å². The van der Waals surface area contributed by atoms with Crippen molar-refractivity contribution in [2.24, 2.45) is 0 Å². The summed E-state index contributed by atoms with van der Waals surface area (Å²) in [5.41, 5.74) is 9.48. The topological polar surface area (TPSA) is 9.86 Å². The summed E-state index contributed by atoms with van der Waals surface area (Å²) in [6, 6.07) is 85.3. The highest BCUT2D eigenvalue weighted by atomic mass is 28.3. The van der Waals surface area contributed by atoms with E-state index in [-0.39, 0.29) is 0 Å². The molecule has 0 fully saturated rings. The zero-order valence-electron chi connectivity index (χ0n) is 31.3. The fraction of sp³-hybridized carbons (Fsp3) is 0. The molecule has 2 nitrogen and oxygen atoms in total. The molecule has 0 aliphatic heterocycles. The van der Waals surface area contributed by atoms with E-state index in [9.17, 15) is 0 Å². The average Bonchev–Trinajstić information content (AvgIpc) is 3.81. The highest BCUT2D eigenvalue weighted by Gasteiger charge is 2.43. The lowest BCUT2D eigenvalue weighted by Gasteiger charge is -2.35. The van der Waals surface area contributed by atoms with Gasteiger partial charge in [-0.1, -0.05) is 188 Å². The van der Waals surface area contributed by atoms with Crippen LogP contribution in [0.25, 0.3) is 66.1 Å². The fourth-order valence-corrected chi connectivity index (χ4v) is 14.4. The Morgan fingerprint density at radius 3 is 1.42 bits per heavy atom. The molecule has 3 heteroatoms. The molecule has 2 aromatic heterocycles. The van der Waals surface area contributed by atoms with E-state index in [1.807, 2.05) is 0 Å². The van der Waals surface area contributed by atoms with Crippen molar-refractivity contribution in [3.05, 3.63) is 231 Å². The van der Waals surface area contributed by atoms with Crippen LogP contribution in [-0.4, -0.2) is 17.2 Å². The van der Waals surface area contributed by atoms with Gasteiger partial charge in [-0.15, -0.1) is 0 Å². The molecule has 0 saturated carbocycles. The third-order valence-corrected chi connectivity index (χ3v) is 16.7. The van der Waals surface area contributed by atoms with Crippen molar-refractivity contribution >= 4 is 72.4 Å². The highest BCUT2D eigenvalue weighted by Crippen LogP contribution is 2.38. The summed E-state index contributed by atoms with van der Waals surface area (Å²) in [6.07, 6.45) is 0. The van der Waals surface area contributed by atoms with Gasteiger partial charge in [-0.3, -0.25) is 0 Å². The van der Waals surface area contributed by atoms with Crippen molar-refractivity contribution < 1.29 is 0 Å². The molecule has 11 aromatic rings. The lowest BCUT2D eigenvalue weighted by atomic mass is 10.0. The van der Waals surface area contributed by atoms with Gasteiger partial charge >= 0.3 is 0 Å². The Bertz CT molecular complexity index is 3110. The first-order valence-corrected chi connectivity index (χ1v) is 21.7. The van der Waals surface area contributed by atoms with E-state index < -0.39 is 8.07 Å². The van der Waals surface area contributed by atoms with E-state index in [0.29, 0.717) is 0 Å². The van der Waals surface area contributed by atoms with Crippen LogP contribution in [0.1, 0.15) is 0 Å². The maximum atomic E-state index is 2.52. The molecule has 0 unspecified atom stereocenters. The molecule has 0 amide bonds. The van der Waals surface area contributed by atoms with Crippen LogP contribution in [0.15, 0.2) is 231 Å². The minimum absolute atomic E-state index is 1.14. The minimum atomic E-state index is -2.88. The zero-order chi connectivity index (χ0) is 37.8. The molecule has 0 aliphatic carbocycles. The van der Waals surface area contributed by atoms with Crippen molar-refractivity contribution in [3.8, 4) is 22.5 Å². The summed E-state index contributed by atoms with van der Waals surface area (Å²) in [5, 5.41) is 10.5. The predicted octanol–water partition coefficient (Wildman–Crippen LogP) is 10.9. The molecular weight excluding hydrogens is 705 g/mol. The summed E-state index contributed by atoms with van der Waals surface area (Å²) < 4.78 is 4.94. The summed E-state index contributed by atoms with van der Waals surface area (Å²) >= 11 is 0. The lowest BCUT2D eigenvalue weighted by Crippen LogP contribution is -2.74. The molecular formula is C54H38N2Si. The molecule has 268 valence electrons. The van der Waals surface area contributed by atoms with Gasteiger partial charge in [-0.25, -0.2) is 0 Å². The first-order valence-electron chi connectivity index (χ1n) is 19.7. The second-order valence-electron chi connectivity index (χ2n) is 14.9. The molecule has 0 saturated heterocycles. The van der Waals surface area contributed by atoms with Gasteiger partial charge in [-0.2, -0.15) is 0 Å². The van der Waals surface area contributed by atoms with Gasteiger partial charge in [0.1, 0.15) is 0 Å². The molecule has 0 bridgehead atoms. The second-order valence-corrected chi connectivity index (χ2v) is 18.6. The first-order chi connectivity index (χ1) is 28.3. The number of para-hydroxylation sites is 2. The third kappa shape index (κ3) is 5.17. The van der Waals surface area contributed by atoms with Crippen molar-refractivity contribution in [2.75, 3.05) is 0 Å². The van der Waals surface area contributed by atoms with Gasteiger partial charge in [0.05, 0.1) is 22.1 Å². The Labute approximate surface area is 333 Å².